The first-order valence-corrected chi connectivity index (χ1v) is 7.71. The molecule has 1 amide bonds. The van der Waals surface area contributed by atoms with Crippen LogP contribution < -0.4 is 5.32 Å². The van der Waals surface area contributed by atoms with Crippen molar-refractivity contribution in [3.8, 4) is 0 Å². The molecule has 0 radical (unpaired) electrons. The maximum absolute atomic E-state index is 12.8. The number of carbonyl (C=O) groups excluding carboxylic acids is 1. The molecule has 0 unspecified atom stereocenters. The van der Waals surface area contributed by atoms with Gasteiger partial charge in [0.15, 0.2) is 0 Å². The molecule has 0 aliphatic rings. The maximum Gasteiger partial charge on any atom is 0.220 e. The highest BCUT2D eigenvalue weighted by Crippen LogP contribution is 2.14. The summed E-state index contributed by atoms with van der Waals surface area (Å²) in [5.41, 5.74) is 3.36. The van der Waals surface area contributed by atoms with Gasteiger partial charge in [-0.3, -0.25) is 4.79 Å². The molecule has 22 heavy (non-hydrogen) atoms. The van der Waals surface area contributed by atoms with Crippen molar-refractivity contribution in [1.82, 2.24) is 5.32 Å². The van der Waals surface area contributed by atoms with Gasteiger partial charge in [0.25, 0.3) is 0 Å². The molecule has 1 N–H and O–H groups in total. The van der Waals surface area contributed by atoms with Crippen molar-refractivity contribution >= 4 is 5.91 Å². The highest BCUT2D eigenvalue weighted by Gasteiger charge is 2.09. The van der Waals surface area contributed by atoms with Gasteiger partial charge in [-0.2, -0.15) is 0 Å². The van der Waals surface area contributed by atoms with Gasteiger partial charge in [-0.05, 0) is 48.6 Å². The standard InChI is InChI=1S/C19H22FNO/c1-3-15-4-9-17(10-5-15)14(2)21-19(22)13-8-16-6-11-18(20)12-7-16/h4-7,9-12,14H,3,8,13H2,1-2H3,(H,21,22)/t14-/m0/s1. The molecule has 2 aromatic rings. The molecular weight excluding hydrogens is 277 g/mol. The van der Waals surface area contributed by atoms with Gasteiger partial charge in [-0.15, -0.1) is 0 Å². The topological polar surface area (TPSA) is 29.1 Å². The van der Waals surface area contributed by atoms with Gasteiger partial charge in [0.1, 0.15) is 5.82 Å². The molecule has 0 bridgehead atoms. The lowest BCUT2D eigenvalue weighted by Crippen LogP contribution is -2.26. The third-order valence-electron chi connectivity index (χ3n) is 3.82. The van der Waals surface area contributed by atoms with E-state index in [2.05, 4.69) is 36.5 Å². The van der Waals surface area contributed by atoms with Crippen LogP contribution in [0.1, 0.15) is 43.0 Å². The Morgan fingerprint density at radius 1 is 1.05 bits per heavy atom. The van der Waals surface area contributed by atoms with Gasteiger partial charge >= 0.3 is 0 Å². The number of nitrogens with one attached hydrogen (secondary N) is 1. The van der Waals surface area contributed by atoms with Crippen LogP contribution in [0.2, 0.25) is 0 Å². The third-order valence-corrected chi connectivity index (χ3v) is 3.82. The Morgan fingerprint density at radius 3 is 2.23 bits per heavy atom. The average molecular weight is 299 g/mol. The van der Waals surface area contributed by atoms with Crippen LogP contribution in [0.4, 0.5) is 4.39 Å². The zero-order chi connectivity index (χ0) is 15.9. The van der Waals surface area contributed by atoms with Crippen molar-refractivity contribution in [1.29, 1.82) is 0 Å². The van der Waals surface area contributed by atoms with E-state index in [4.69, 9.17) is 0 Å². The van der Waals surface area contributed by atoms with Gasteiger partial charge in [0.05, 0.1) is 6.04 Å². The number of hydrogen-bond donors (Lipinski definition) is 1. The summed E-state index contributed by atoms with van der Waals surface area (Å²) in [6.45, 7) is 4.10. The van der Waals surface area contributed by atoms with Crippen LogP contribution in [0, 0.1) is 5.82 Å². The number of halogens is 1. The van der Waals surface area contributed by atoms with Crippen molar-refractivity contribution in [2.45, 2.75) is 39.2 Å². The molecule has 0 heterocycles. The number of amides is 1. The summed E-state index contributed by atoms with van der Waals surface area (Å²) in [5.74, 6) is -0.242. The summed E-state index contributed by atoms with van der Waals surface area (Å²) in [6, 6.07) is 14.6. The first kappa shape index (κ1) is 16.2. The number of aryl methyl sites for hydroxylation is 2. The molecule has 0 aliphatic heterocycles. The van der Waals surface area contributed by atoms with E-state index in [0.29, 0.717) is 12.8 Å². The number of carbonyl (C=O) groups is 1. The Kier molecular flexibility index (Phi) is 5.70. The van der Waals surface area contributed by atoms with Crippen LogP contribution in [0.3, 0.4) is 0 Å². The van der Waals surface area contributed by atoms with Crippen LogP contribution in [-0.4, -0.2) is 5.91 Å². The molecule has 0 saturated heterocycles. The summed E-state index contributed by atoms with van der Waals surface area (Å²) >= 11 is 0. The fourth-order valence-corrected chi connectivity index (χ4v) is 2.35. The van der Waals surface area contributed by atoms with Gasteiger partial charge in [0, 0.05) is 6.42 Å². The Bertz CT molecular complexity index is 604. The fourth-order valence-electron chi connectivity index (χ4n) is 2.35. The van der Waals surface area contributed by atoms with Crippen molar-refractivity contribution in [2.75, 3.05) is 0 Å². The van der Waals surface area contributed by atoms with E-state index in [0.717, 1.165) is 17.5 Å². The van der Waals surface area contributed by atoms with E-state index >= 15 is 0 Å². The average Bonchev–Trinajstić information content (AvgIpc) is 2.54. The predicted molar refractivity (Wildman–Crippen MR) is 87.1 cm³/mol. The van der Waals surface area contributed by atoms with Crippen molar-refractivity contribution < 1.29 is 9.18 Å². The molecule has 0 aromatic heterocycles. The zero-order valence-electron chi connectivity index (χ0n) is 13.1. The van der Waals surface area contributed by atoms with E-state index in [1.54, 1.807) is 12.1 Å². The number of hydrogen-bond acceptors (Lipinski definition) is 1. The highest BCUT2D eigenvalue weighted by molar-refractivity contribution is 5.76. The molecule has 2 aromatic carbocycles. The molecule has 2 nitrogen and oxygen atoms in total. The number of rotatable bonds is 6. The predicted octanol–water partition coefficient (Wildman–Crippen LogP) is 4.20. The Labute approximate surface area is 131 Å². The summed E-state index contributed by atoms with van der Waals surface area (Å²) < 4.78 is 12.8. The van der Waals surface area contributed by atoms with E-state index in [9.17, 15) is 9.18 Å². The molecule has 0 saturated carbocycles. The van der Waals surface area contributed by atoms with Gasteiger partial charge < -0.3 is 5.32 Å². The zero-order valence-corrected chi connectivity index (χ0v) is 13.1. The quantitative estimate of drug-likeness (QED) is 0.851. The minimum Gasteiger partial charge on any atom is -0.350 e. The van der Waals surface area contributed by atoms with E-state index in [1.807, 2.05) is 6.92 Å². The van der Waals surface area contributed by atoms with E-state index in [-0.39, 0.29) is 17.8 Å². The smallest absolute Gasteiger partial charge is 0.220 e. The van der Waals surface area contributed by atoms with Gasteiger partial charge in [0.2, 0.25) is 5.91 Å². The van der Waals surface area contributed by atoms with E-state index in [1.165, 1.54) is 17.7 Å². The van der Waals surface area contributed by atoms with Crippen molar-refractivity contribution in [2.24, 2.45) is 0 Å². The minimum absolute atomic E-state index is 0.00776. The molecule has 0 fully saturated rings. The van der Waals surface area contributed by atoms with Crippen molar-refractivity contribution in [3.63, 3.8) is 0 Å². The Balaban J connectivity index is 1.83. The Morgan fingerprint density at radius 2 is 1.64 bits per heavy atom. The lowest BCUT2D eigenvalue weighted by molar-refractivity contribution is -0.121. The van der Waals surface area contributed by atoms with Gasteiger partial charge in [-0.25, -0.2) is 4.39 Å². The fraction of sp³-hybridized carbons (Fsp3) is 0.316. The molecule has 3 heteroatoms. The van der Waals surface area contributed by atoms with Crippen LogP contribution in [0.25, 0.3) is 0 Å². The summed E-state index contributed by atoms with van der Waals surface area (Å²) in [6.07, 6.45) is 2.04. The largest absolute Gasteiger partial charge is 0.350 e. The molecule has 116 valence electrons. The first-order chi connectivity index (χ1) is 10.6. The Hall–Kier alpha value is -2.16. The third kappa shape index (κ3) is 4.69. The normalized spacial score (nSPS) is 12.0. The monoisotopic (exact) mass is 299 g/mol. The highest BCUT2D eigenvalue weighted by atomic mass is 19.1. The lowest BCUT2D eigenvalue weighted by atomic mass is 10.0. The molecular formula is C19H22FNO. The van der Waals surface area contributed by atoms with E-state index < -0.39 is 0 Å². The summed E-state index contributed by atoms with van der Waals surface area (Å²) in [4.78, 5) is 12.0. The lowest BCUT2D eigenvalue weighted by Gasteiger charge is -2.15. The second kappa shape index (κ2) is 7.74. The number of benzene rings is 2. The van der Waals surface area contributed by atoms with Crippen LogP contribution in [-0.2, 0) is 17.6 Å². The van der Waals surface area contributed by atoms with Crippen molar-refractivity contribution in [3.05, 3.63) is 71.0 Å². The van der Waals surface area contributed by atoms with Gasteiger partial charge in [-0.1, -0.05) is 43.3 Å². The first-order valence-electron chi connectivity index (χ1n) is 7.71. The molecule has 0 spiro atoms. The summed E-state index contributed by atoms with van der Waals surface area (Å²) in [5, 5.41) is 3.00. The maximum atomic E-state index is 12.8. The SMILES string of the molecule is CCc1ccc([C@H](C)NC(=O)CCc2ccc(F)cc2)cc1. The second-order valence-electron chi connectivity index (χ2n) is 5.51. The second-order valence-corrected chi connectivity index (χ2v) is 5.51. The molecule has 2 rings (SSSR count). The van der Waals surface area contributed by atoms with Crippen LogP contribution >= 0.6 is 0 Å². The summed E-state index contributed by atoms with van der Waals surface area (Å²) in [7, 11) is 0. The minimum atomic E-state index is -0.252. The molecule has 0 aliphatic carbocycles. The van der Waals surface area contributed by atoms with Crippen LogP contribution in [0.5, 0.6) is 0 Å². The van der Waals surface area contributed by atoms with Crippen LogP contribution in [0.15, 0.2) is 48.5 Å². The molecule has 1 atom stereocenters.